The van der Waals surface area contributed by atoms with Gasteiger partial charge in [-0.1, -0.05) is 13.3 Å². The fourth-order valence-corrected chi connectivity index (χ4v) is 4.01. The van der Waals surface area contributed by atoms with Crippen LogP contribution < -0.4 is 15.4 Å². The Morgan fingerprint density at radius 3 is 2.86 bits per heavy atom. The van der Waals surface area contributed by atoms with Gasteiger partial charge in [0.25, 0.3) is 0 Å². The number of ether oxygens (including phenoxy) is 1. The summed E-state index contributed by atoms with van der Waals surface area (Å²) in [5, 5.41) is 0. The maximum absolute atomic E-state index is 5.94. The van der Waals surface area contributed by atoms with Crippen LogP contribution in [0.3, 0.4) is 0 Å². The lowest BCUT2D eigenvalue weighted by atomic mass is 9.88. The molecule has 1 heterocycles. The molecule has 0 saturated heterocycles. The number of nitrogens with zero attached hydrogens (tertiary/aromatic N) is 2. The normalized spacial score (nSPS) is 27.0. The Labute approximate surface area is 127 Å². The van der Waals surface area contributed by atoms with E-state index in [0.29, 0.717) is 18.2 Å². The van der Waals surface area contributed by atoms with Crippen molar-refractivity contribution < 1.29 is 4.74 Å². The minimum Gasteiger partial charge on any atom is -0.476 e. The number of nitrogens with two attached hydrogens (primary N) is 1. The first-order valence-corrected chi connectivity index (χ1v) is 8.27. The van der Waals surface area contributed by atoms with E-state index in [9.17, 15) is 0 Å². The van der Waals surface area contributed by atoms with E-state index in [1.807, 2.05) is 12.1 Å². The van der Waals surface area contributed by atoms with Gasteiger partial charge in [-0.3, -0.25) is 0 Å². The molecule has 4 heteroatoms. The third-order valence-electron chi connectivity index (χ3n) is 5.10. The van der Waals surface area contributed by atoms with Gasteiger partial charge in [0.1, 0.15) is 5.82 Å². The van der Waals surface area contributed by atoms with E-state index >= 15 is 0 Å². The first kappa shape index (κ1) is 14.5. The van der Waals surface area contributed by atoms with Crippen molar-refractivity contribution in [3.05, 3.63) is 12.1 Å². The summed E-state index contributed by atoms with van der Waals surface area (Å²) in [4.78, 5) is 6.86. The molecule has 4 nitrogen and oxygen atoms in total. The van der Waals surface area contributed by atoms with Crippen LogP contribution in [0.25, 0.3) is 0 Å². The van der Waals surface area contributed by atoms with E-state index in [1.165, 1.54) is 25.7 Å². The molecule has 21 heavy (non-hydrogen) atoms. The third-order valence-corrected chi connectivity index (χ3v) is 5.10. The van der Waals surface area contributed by atoms with Crippen LogP contribution in [0.15, 0.2) is 12.1 Å². The zero-order valence-electron chi connectivity index (χ0n) is 13.2. The minimum atomic E-state index is 0.578. The number of rotatable bonds is 6. The first-order chi connectivity index (χ1) is 10.2. The molecule has 2 bridgehead atoms. The summed E-state index contributed by atoms with van der Waals surface area (Å²) < 4.78 is 5.63. The second-order valence-corrected chi connectivity index (χ2v) is 6.73. The lowest BCUT2D eigenvalue weighted by Crippen LogP contribution is -2.29. The van der Waals surface area contributed by atoms with Crippen LogP contribution in [0.2, 0.25) is 0 Å². The van der Waals surface area contributed by atoms with E-state index < -0.39 is 0 Å². The summed E-state index contributed by atoms with van der Waals surface area (Å²) in [6.07, 6.45) is 6.72. The minimum absolute atomic E-state index is 0.578. The van der Waals surface area contributed by atoms with Gasteiger partial charge in [0.2, 0.25) is 5.88 Å². The highest BCUT2D eigenvalue weighted by Gasteiger charge is 2.39. The van der Waals surface area contributed by atoms with Crippen molar-refractivity contribution in [2.45, 2.75) is 39.0 Å². The molecule has 0 aromatic carbocycles. The molecular formula is C17H27N3O. The van der Waals surface area contributed by atoms with E-state index in [2.05, 4.69) is 23.9 Å². The topological polar surface area (TPSA) is 51.4 Å². The van der Waals surface area contributed by atoms with Crippen molar-refractivity contribution in [1.82, 2.24) is 4.98 Å². The maximum atomic E-state index is 5.94. The van der Waals surface area contributed by atoms with Crippen LogP contribution in [0.5, 0.6) is 5.88 Å². The van der Waals surface area contributed by atoms with Gasteiger partial charge >= 0.3 is 0 Å². The highest BCUT2D eigenvalue weighted by Crippen LogP contribution is 2.48. The lowest BCUT2D eigenvalue weighted by molar-refractivity contribution is 0.306. The summed E-state index contributed by atoms with van der Waals surface area (Å²) >= 11 is 0. The number of nitrogen functional groups attached to an aromatic ring is 1. The van der Waals surface area contributed by atoms with Crippen molar-refractivity contribution in [2.75, 3.05) is 30.8 Å². The molecule has 0 amide bonds. The average Bonchev–Trinajstić information content (AvgIpc) is 3.09. The van der Waals surface area contributed by atoms with E-state index in [-0.39, 0.29) is 0 Å². The second kappa shape index (κ2) is 6.12. The molecular weight excluding hydrogens is 262 g/mol. The lowest BCUT2D eigenvalue weighted by Gasteiger charge is -2.28. The van der Waals surface area contributed by atoms with Gasteiger partial charge in [0, 0.05) is 13.6 Å². The smallest absolute Gasteiger partial charge is 0.239 e. The molecule has 2 saturated carbocycles. The third kappa shape index (κ3) is 3.09. The summed E-state index contributed by atoms with van der Waals surface area (Å²) in [6, 6.07) is 3.91. The van der Waals surface area contributed by atoms with Gasteiger partial charge in [-0.15, -0.1) is 0 Å². The Morgan fingerprint density at radius 2 is 2.19 bits per heavy atom. The van der Waals surface area contributed by atoms with Gasteiger partial charge in [0.05, 0.1) is 12.3 Å². The zero-order chi connectivity index (χ0) is 14.8. The van der Waals surface area contributed by atoms with Crippen LogP contribution >= 0.6 is 0 Å². The molecule has 3 atom stereocenters. The monoisotopic (exact) mass is 289 g/mol. The van der Waals surface area contributed by atoms with Crippen molar-refractivity contribution in [3.8, 4) is 5.88 Å². The fraction of sp³-hybridized carbons (Fsp3) is 0.706. The Morgan fingerprint density at radius 1 is 1.33 bits per heavy atom. The fourth-order valence-electron chi connectivity index (χ4n) is 4.01. The molecule has 0 radical (unpaired) electrons. The number of anilines is 2. The SMILES string of the molecule is CCCOc1nc(N(C)CC2CC3CCC2C3)ccc1N. The van der Waals surface area contributed by atoms with Crippen LogP contribution in [0, 0.1) is 17.8 Å². The molecule has 2 fully saturated rings. The van der Waals surface area contributed by atoms with Gasteiger partial charge < -0.3 is 15.4 Å². The van der Waals surface area contributed by atoms with E-state index in [1.54, 1.807) is 0 Å². The summed E-state index contributed by atoms with van der Waals surface area (Å²) in [7, 11) is 2.13. The molecule has 116 valence electrons. The van der Waals surface area contributed by atoms with Crippen LogP contribution in [-0.4, -0.2) is 25.2 Å². The number of hydrogen-bond acceptors (Lipinski definition) is 4. The van der Waals surface area contributed by atoms with Gasteiger partial charge in [-0.05, 0) is 55.6 Å². The predicted octanol–water partition coefficient (Wildman–Crippen LogP) is 3.33. The summed E-state index contributed by atoms with van der Waals surface area (Å²) in [5.74, 6) is 4.33. The maximum Gasteiger partial charge on any atom is 0.239 e. The number of hydrogen-bond donors (Lipinski definition) is 1. The molecule has 1 aromatic heterocycles. The predicted molar refractivity (Wildman–Crippen MR) is 86.6 cm³/mol. The second-order valence-electron chi connectivity index (χ2n) is 6.73. The summed E-state index contributed by atoms with van der Waals surface area (Å²) in [6.45, 7) is 3.85. The van der Waals surface area contributed by atoms with Crippen LogP contribution in [0.1, 0.15) is 39.0 Å². The van der Waals surface area contributed by atoms with Crippen molar-refractivity contribution >= 4 is 11.5 Å². The highest BCUT2D eigenvalue weighted by molar-refractivity contribution is 5.54. The molecule has 3 rings (SSSR count). The van der Waals surface area contributed by atoms with Gasteiger partial charge in [-0.2, -0.15) is 4.98 Å². The Balaban J connectivity index is 1.65. The number of aromatic nitrogens is 1. The van der Waals surface area contributed by atoms with Gasteiger partial charge in [-0.25, -0.2) is 0 Å². The molecule has 0 spiro atoms. The molecule has 2 aliphatic carbocycles. The quantitative estimate of drug-likeness (QED) is 0.873. The molecule has 1 aromatic rings. The Kier molecular flexibility index (Phi) is 4.22. The Hall–Kier alpha value is -1.45. The molecule has 3 unspecified atom stereocenters. The van der Waals surface area contributed by atoms with Crippen LogP contribution in [0.4, 0.5) is 11.5 Å². The number of pyridine rings is 1. The van der Waals surface area contributed by atoms with Crippen LogP contribution in [-0.2, 0) is 0 Å². The highest BCUT2D eigenvalue weighted by atomic mass is 16.5. The largest absolute Gasteiger partial charge is 0.476 e. The number of fused-ring (bicyclic) bond motifs is 2. The first-order valence-electron chi connectivity index (χ1n) is 8.27. The molecule has 0 aliphatic heterocycles. The van der Waals surface area contributed by atoms with Crippen molar-refractivity contribution in [3.63, 3.8) is 0 Å². The van der Waals surface area contributed by atoms with E-state index in [4.69, 9.17) is 10.5 Å². The molecule has 2 N–H and O–H groups in total. The standard InChI is InChI=1S/C17H27N3O/c1-3-8-21-17-15(18)6-7-16(19-17)20(2)11-14-10-12-4-5-13(14)9-12/h6-7,12-14H,3-5,8-11,18H2,1-2H3. The Bertz CT molecular complexity index is 491. The zero-order valence-corrected chi connectivity index (χ0v) is 13.2. The molecule has 2 aliphatic rings. The van der Waals surface area contributed by atoms with Gasteiger partial charge in [0.15, 0.2) is 0 Å². The van der Waals surface area contributed by atoms with Crippen molar-refractivity contribution in [1.29, 1.82) is 0 Å². The summed E-state index contributed by atoms with van der Waals surface area (Å²) in [5.41, 5.74) is 6.56. The average molecular weight is 289 g/mol. The van der Waals surface area contributed by atoms with Crippen molar-refractivity contribution in [2.24, 2.45) is 17.8 Å². The van der Waals surface area contributed by atoms with E-state index in [0.717, 1.165) is 36.5 Å².